The average Bonchev–Trinajstić information content (AvgIpc) is 2.88. The quantitative estimate of drug-likeness (QED) is 0.602. The molecule has 0 radical (unpaired) electrons. The van der Waals surface area contributed by atoms with E-state index in [4.69, 9.17) is 4.74 Å². The number of carbonyl (C=O) groups is 3. The van der Waals surface area contributed by atoms with Crippen molar-refractivity contribution in [3.05, 3.63) is 65.7 Å². The number of nitrogens with zero attached hydrogens (tertiary/aromatic N) is 3. The Morgan fingerprint density at radius 2 is 1.82 bits per heavy atom. The zero-order chi connectivity index (χ0) is 23.7. The van der Waals surface area contributed by atoms with E-state index < -0.39 is 5.92 Å². The van der Waals surface area contributed by atoms with Gasteiger partial charge in [-0.3, -0.25) is 24.4 Å². The summed E-state index contributed by atoms with van der Waals surface area (Å²) < 4.78 is 5.34. The van der Waals surface area contributed by atoms with Crippen LogP contribution < -0.4 is 15.0 Å². The fraction of sp³-hybridized carbons (Fsp3) is 0.240. The standard InChI is InChI=1S/C25H24N4O4/c1-14-9-22-21(12-26-14)20-10-19(33-4)11-27-24(20)15(2)25(32)29(22)13-23(31)28-18-7-5-17(6-8-18)16(3)30/h5-12,15H,13H2,1-4H3,(H,28,31). The minimum absolute atomic E-state index is 0.0533. The first-order valence-corrected chi connectivity index (χ1v) is 10.5. The highest BCUT2D eigenvalue weighted by Crippen LogP contribution is 2.41. The molecule has 2 amide bonds. The van der Waals surface area contributed by atoms with Gasteiger partial charge in [0.1, 0.15) is 12.3 Å². The van der Waals surface area contributed by atoms with Gasteiger partial charge in [0, 0.05) is 34.3 Å². The van der Waals surface area contributed by atoms with E-state index in [-0.39, 0.29) is 24.1 Å². The number of ketones is 1. The van der Waals surface area contributed by atoms with Crippen LogP contribution in [0.2, 0.25) is 0 Å². The molecule has 1 N–H and O–H groups in total. The molecule has 8 heteroatoms. The van der Waals surface area contributed by atoms with Crippen LogP contribution in [0.5, 0.6) is 5.75 Å². The lowest BCUT2D eigenvalue weighted by Gasteiger charge is -2.24. The molecule has 2 aromatic heterocycles. The number of anilines is 2. The Morgan fingerprint density at radius 3 is 2.48 bits per heavy atom. The second-order valence-electron chi connectivity index (χ2n) is 7.98. The summed E-state index contributed by atoms with van der Waals surface area (Å²) in [6, 6.07) is 10.3. The Morgan fingerprint density at radius 1 is 1.09 bits per heavy atom. The lowest BCUT2D eigenvalue weighted by atomic mass is 9.98. The second-order valence-corrected chi connectivity index (χ2v) is 7.98. The number of pyridine rings is 2. The second kappa shape index (κ2) is 8.82. The van der Waals surface area contributed by atoms with Crippen LogP contribution in [0, 0.1) is 6.92 Å². The predicted octanol–water partition coefficient (Wildman–Crippen LogP) is 3.75. The first-order chi connectivity index (χ1) is 15.8. The number of ether oxygens (including phenoxy) is 1. The van der Waals surface area contributed by atoms with Crippen molar-refractivity contribution in [2.24, 2.45) is 0 Å². The highest BCUT2D eigenvalue weighted by Gasteiger charge is 2.34. The number of Topliss-reactive ketones (excluding diaryl/α,β-unsaturated/α-hetero) is 1. The van der Waals surface area contributed by atoms with Gasteiger partial charge in [-0.2, -0.15) is 0 Å². The van der Waals surface area contributed by atoms with Gasteiger partial charge in [0.15, 0.2) is 5.78 Å². The Kier molecular flexibility index (Phi) is 5.91. The monoisotopic (exact) mass is 444 g/mol. The summed E-state index contributed by atoms with van der Waals surface area (Å²) >= 11 is 0. The van der Waals surface area contributed by atoms with E-state index in [2.05, 4.69) is 15.3 Å². The summed E-state index contributed by atoms with van der Waals surface area (Å²) in [4.78, 5) is 48.2. The molecule has 0 saturated carbocycles. The fourth-order valence-corrected chi connectivity index (χ4v) is 3.87. The van der Waals surface area contributed by atoms with Crippen molar-refractivity contribution in [1.29, 1.82) is 0 Å². The van der Waals surface area contributed by atoms with Crippen molar-refractivity contribution in [3.63, 3.8) is 0 Å². The number of benzene rings is 1. The molecule has 1 aliphatic rings. The maximum absolute atomic E-state index is 13.5. The lowest BCUT2D eigenvalue weighted by Crippen LogP contribution is -2.40. The molecule has 3 aromatic rings. The minimum Gasteiger partial charge on any atom is -0.495 e. The highest BCUT2D eigenvalue weighted by atomic mass is 16.5. The molecule has 1 atom stereocenters. The Labute approximate surface area is 191 Å². The van der Waals surface area contributed by atoms with E-state index in [1.165, 1.54) is 11.8 Å². The zero-order valence-electron chi connectivity index (χ0n) is 18.9. The van der Waals surface area contributed by atoms with Gasteiger partial charge >= 0.3 is 0 Å². The van der Waals surface area contributed by atoms with E-state index in [0.29, 0.717) is 33.9 Å². The lowest BCUT2D eigenvalue weighted by molar-refractivity contribution is -0.122. The SMILES string of the molecule is COc1cnc2c(c1)-c1cnc(C)cc1N(CC(=O)Nc1ccc(C(C)=O)cc1)C(=O)C2C. The topological polar surface area (TPSA) is 101 Å². The summed E-state index contributed by atoms with van der Waals surface area (Å²) in [5.41, 5.74) is 4.48. The maximum Gasteiger partial charge on any atom is 0.244 e. The van der Waals surface area contributed by atoms with Gasteiger partial charge in [0.05, 0.1) is 30.6 Å². The maximum atomic E-state index is 13.5. The van der Waals surface area contributed by atoms with E-state index >= 15 is 0 Å². The molecule has 0 aliphatic carbocycles. The summed E-state index contributed by atoms with van der Waals surface area (Å²) in [5.74, 6) is -0.646. The normalized spacial score (nSPS) is 14.7. The van der Waals surface area contributed by atoms with E-state index in [0.717, 1.165) is 11.3 Å². The molecule has 1 unspecified atom stereocenters. The first-order valence-electron chi connectivity index (χ1n) is 10.5. The van der Waals surface area contributed by atoms with Crippen molar-refractivity contribution in [2.75, 3.05) is 23.9 Å². The molecule has 0 bridgehead atoms. The molecule has 1 aliphatic heterocycles. The van der Waals surface area contributed by atoms with Crippen LogP contribution in [-0.4, -0.2) is 41.2 Å². The first kappa shape index (κ1) is 22.1. The number of amides is 2. The van der Waals surface area contributed by atoms with Crippen LogP contribution in [0.15, 0.2) is 48.8 Å². The smallest absolute Gasteiger partial charge is 0.244 e. The number of fused-ring (bicyclic) bond motifs is 3. The van der Waals surface area contributed by atoms with Gasteiger partial charge in [-0.05, 0) is 57.2 Å². The van der Waals surface area contributed by atoms with Crippen LogP contribution in [0.4, 0.5) is 11.4 Å². The number of methoxy groups -OCH3 is 1. The highest BCUT2D eigenvalue weighted by molar-refractivity contribution is 6.09. The number of aryl methyl sites for hydroxylation is 1. The largest absolute Gasteiger partial charge is 0.495 e. The van der Waals surface area contributed by atoms with Gasteiger partial charge in [0.2, 0.25) is 11.8 Å². The number of hydrogen-bond donors (Lipinski definition) is 1. The van der Waals surface area contributed by atoms with Crippen LogP contribution >= 0.6 is 0 Å². The number of nitrogens with one attached hydrogen (secondary N) is 1. The average molecular weight is 444 g/mol. The third-order valence-electron chi connectivity index (χ3n) is 5.65. The van der Waals surface area contributed by atoms with Crippen molar-refractivity contribution in [2.45, 2.75) is 26.7 Å². The number of carbonyl (C=O) groups excluding carboxylic acids is 3. The van der Waals surface area contributed by atoms with E-state index in [9.17, 15) is 14.4 Å². The predicted molar refractivity (Wildman–Crippen MR) is 125 cm³/mol. The summed E-state index contributed by atoms with van der Waals surface area (Å²) in [5, 5.41) is 2.80. The van der Waals surface area contributed by atoms with E-state index in [1.54, 1.807) is 56.8 Å². The third-order valence-corrected chi connectivity index (χ3v) is 5.65. The Balaban J connectivity index is 1.69. The molecule has 168 valence electrons. The summed E-state index contributed by atoms with van der Waals surface area (Å²) in [6.07, 6.45) is 3.28. The van der Waals surface area contributed by atoms with Crippen molar-refractivity contribution >= 4 is 29.0 Å². The number of hydrogen-bond acceptors (Lipinski definition) is 6. The van der Waals surface area contributed by atoms with Gasteiger partial charge < -0.3 is 15.0 Å². The van der Waals surface area contributed by atoms with Gasteiger partial charge in [-0.15, -0.1) is 0 Å². The van der Waals surface area contributed by atoms with Crippen LogP contribution in [0.1, 0.15) is 41.5 Å². The van der Waals surface area contributed by atoms with Crippen LogP contribution in [0.3, 0.4) is 0 Å². The zero-order valence-corrected chi connectivity index (χ0v) is 18.9. The number of aromatic nitrogens is 2. The molecule has 8 nitrogen and oxygen atoms in total. The molecular formula is C25H24N4O4. The molecule has 0 saturated heterocycles. The van der Waals surface area contributed by atoms with E-state index in [1.807, 2.05) is 13.0 Å². The van der Waals surface area contributed by atoms with Crippen molar-refractivity contribution in [1.82, 2.24) is 9.97 Å². The van der Waals surface area contributed by atoms with Gasteiger partial charge in [-0.25, -0.2) is 0 Å². The molecule has 4 rings (SSSR count). The molecular weight excluding hydrogens is 420 g/mol. The summed E-state index contributed by atoms with van der Waals surface area (Å²) in [7, 11) is 1.56. The number of rotatable bonds is 5. The van der Waals surface area contributed by atoms with Gasteiger partial charge in [-0.1, -0.05) is 0 Å². The fourth-order valence-electron chi connectivity index (χ4n) is 3.87. The van der Waals surface area contributed by atoms with Crippen molar-refractivity contribution < 1.29 is 19.1 Å². The molecule has 0 fully saturated rings. The molecule has 1 aromatic carbocycles. The summed E-state index contributed by atoms with van der Waals surface area (Å²) in [6.45, 7) is 4.91. The third kappa shape index (κ3) is 4.32. The Bertz CT molecular complexity index is 1250. The molecule has 3 heterocycles. The molecule has 33 heavy (non-hydrogen) atoms. The molecule has 0 spiro atoms. The van der Waals surface area contributed by atoms with Crippen molar-refractivity contribution in [3.8, 4) is 16.9 Å². The minimum atomic E-state index is -0.568. The Hall–Kier alpha value is -4.07. The van der Waals surface area contributed by atoms with Gasteiger partial charge in [0.25, 0.3) is 0 Å². The van der Waals surface area contributed by atoms with Crippen LogP contribution in [0.25, 0.3) is 11.1 Å². The van der Waals surface area contributed by atoms with Crippen LogP contribution in [-0.2, 0) is 9.59 Å².